The average Bonchev–Trinajstić information content (AvgIpc) is 1.42. The Balaban J connectivity index is 0.637. The predicted molar refractivity (Wildman–Crippen MR) is 436 cm³/mol. The Hall–Kier alpha value is -10.6. The first-order valence-electron chi connectivity index (χ1n) is 39.0. The van der Waals surface area contributed by atoms with Crippen LogP contribution in [0.1, 0.15) is 141 Å². The fraction of sp³-hybridized carbons (Fsp3) is 0.494. The van der Waals surface area contributed by atoms with Gasteiger partial charge in [0.2, 0.25) is 41.4 Å². The van der Waals surface area contributed by atoms with Crippen molar-refractivity contribution in [2.24, 2.45) is 21.6 Å². The molecule has 0 bridgehead atoms. The molecule has 0 unspecified atom stereocenters. The third-order valence-corrected chi connectivity index (χ3v) is 23.0. The Bertz CT molecular complexity index is 4610. The standard InChI is InChI=1S/C81H103ClN16O17S2/c1-48-50(3)117-75-67(48)68(53-19-21-56(82)22-20-53)90-60(71-94-93-51(4)98(71)75)42-63(100)84-31-34-111-36-37-112-38-39-113-46-64(101)92-70(80(5,6)7)74(106)97-44-58(99)41-61(97)73(105)87-43-55-18-17-54(69-49(2)88-47-116-69)40-62(55)114-35-33-95(8)79(110)115-45-52-15-23-57(24-16-52)89-72(104)59(14-12-30-86-78(83)109)91-77(108)81(27-13-28-81)76(107)85-29-10-9-11-32-96-65(102)25-26-66(96)103/h15-26,40,47,58-61,70,99H,9-14,27-39,41-46H2,1-8H3,(H,84,100)(H,85,107)(H,87,105)(H,89,104)(H,91,108)(H,92,101)(H3,83,86,109)/t58-,59+,60+,61+,70-/m1/s1. The molecular formula is C81H103ClN16O17S2. The Morgan fingerprint density at radius 2 is 1.48 bits per heavy atom. The molecule has 0 radical (unpaired) electrons. The van der Waals surface area contributed by atoms with Gasteiger partial charge in [0.05, 0.1) is 73.9 Å². The van der Waals surface area contributed by atoms with Crippen LogP contribution in [0.5, 0.6) is 5.75 Å². The number of carbonyl (C=O) groups is 11. The number of anilines is 1. The number of amides is 12. The summed E-state index contributed by atoms with van der Waals surface area (Å²) in [4.78, 5) is 161. The van der Waals surface area contributed by atoms with E-state index in [1.54, 1.807) is 75.0 Å². The number of halogens is 1. The van der Waals surface area contributed by atoms with Crippen LogP contribution in [0.4, 0.5) is 15.3 Å². The summed E-state index contributed by atoms with van der Waals surface area (Å²) in [5.41, 5.74) is 11.5. The molecule has 1 saturated carbocycles. The largest absolute Gasteiger partial charge is 0.491 e. The molecule has 1 saturated heterocycles. The zero-order valence-electron chi connectivity index (χ0n) is 67.0. The quantitative estimate of drug-likeness (QED) is 0.0112. The molecule has 3 aromatic heterocycles. The summed E-state index contributed by atoms with van der Waals surface area (Å²) in [6.07, 6.45) is 3.95. The molecule has 628 valence electrons. The van der Waals surface area contributed by atoms with Gasteiger partial charge in [0.1, 0.15) is 66.0 Å². The minimum Gasteiger partial charge on any atom is -0.491 e. The summed E-state index contributed by atoms with van der Waals surface area (Å²) in [7, 11) is 1.54. The second-order valence-corrected chi connectivity index (χ2v) is 32.7. The van der Waals surface area contributed by atoms with E-state index in [9.17, 15) is 57.8 Å². The number of carbonyl (C=O) groups excluding carboxylic acids is 11. The number of aryl methyl sites for hydroxylation is 3. The molecule has 1 aliphatic carbocycles. The van der Waals surface area contributed by atoms with Gasteiger partial charge in [0.25, 0.3) is 11.8 Å². The van der Waals surface area contributed by atoms with Crippen LogP contribution < -0.4 is 47.7 Å². The molecule has 6 heterocycles. The van der Waals surface area contributed by atoms with Crippen LogP contribution in [0.3, 0.4) is 0 Å². The highest BCUT2D eigenvalue weighted by molar-refractivity contribution is 7.15. The number of aromatic nitrogens is 4. The average molecular weight is 1670 g/mol. The van der Waals surface area contributed by atoms with Crippen molar-refractivity contribution in [1.29, 1.82) is 0 Å². The van der Waals surface area contributed by atoms with E-state index >= 15 is 0 Å². The van der Waals surface area contributed by atoms with Crippen molar-refractivity contribution in [2.45, 2.75) is 156 Å². The maximum absolute atomic E-state index is 14.5. The third kappa shape index (κ3) is 23.6. The molecule has 5 atom stereocenters. The van der Waals surface area contributed by atoms with Gasteiger partial charge in [-0.3, -0.25) is 57.6 Å². The molecule has 33 nitrogen and oxygen atoms in total. The number of aliphatic hydroxyl groups excluding tert-OH is 1. The van der Waals surface area contributed by atoms with E-state index in [2.05, 4.69) is 66.2 Å². The van der Waals surface area contributed by atoms with Gasteiger partial charge in [-0.05, 0) is 125 Å². The van der Waals surface area contributed by atoms with E-state index in [4.69, 9.17) is 46.0 Å². The lowest BCUT2D eigenvalue weighted by Crippen LogP contribution is -2.58. The highest BCUT2D eigenvalue weighted by Crippen LogP contribution is 2.43. The van der Waals surface area contributed by atoms with Crippen molar-refractivity contribution >= 4 is 111 Å². The molecule has 4 aliphatic rings. The minimum absolute atomic E-state index is 0.00644. The number of urea groups is 1. The number of hydrogen-bond acceptors (Lipinski definition) is 23. The van der Waals surface area contributed by atoms with Crippen LogP contribution in [-0.2, 0) is 75.2 Å². The van der Waals surface area contributed by atoms with Gasteiger partial charge >= 0.3 is 12.1 Å². The Labute approximate surface area is 691 Å². The SMILES string of the molecule is Cc1ncsc1-c1ccc(CNC(=O)[C@@H]2C[C@@H](O)CN2C(=O)[C@@H](NC(=O)COCCOCCOCCNC(=O)C[C@@H]2N=C(c3ccc(Cl)cc3)c3c(sc(C)c3C)-n3c(C)nnc32)C(C)(C)C)c(OCCN(C)C(=O)OCc2ccc(NC(=O)[C@H](CCCNC(N)=O)NC(=O)C3(C(=O)NCCCCCN4C(=O)C=CC4=O)CCC3)cc2)c1. The number of unbranched alkanes of at least 4 members (excludes halogenated alkanes) is 2. The zero-order chi connectivity index (χ0) is 84.1. The Kier molecular flexibility index (Phi) is 31.5. The van der Waals surface area contributed by atoms with Crippen molar-refractivity contribution < 1.29 is 81.5 Å². The third-order valence-electron chi connectivity index (χ3n) is 20.6. The highest BCUT2D eigenvalue weighted by atomic mass is 35.5. The number of imide groups is 1. The van der Waals surface area contributed by atoms with Gasteiger partial charge in [0, 0.05) is 97.2 Å². The topological polar surface area (TPSA) is 430 Å². The number of likely N-dealkylation sites (N-methyl/N-ethyl adjacent to an activating group) is 1. The minimum atomic E-state index is -1.39. The lowest BCUT2D eigenvalue weighted by atomic mass is 9.67. The lowest BCUT2D eigenvalue weighted by molar-refractivity contribution is -0.151. The number of thiophene rings is 1. The number of rotatable bonds is 41. The molecule has 2 fully saturated rings. The van der Waals surface area contributed by atoms with Gasteiger partial charge < -0.3 is 81.5 Å². The summed E-state index contributed by atoms with van der Waals surface area (Å²) in [5.74, 6) is -2.63. The summed E-state index contributed by atoms with van der Waals surface area (Å²) in [5, 5.41) is 40.9. The van der Waals surface area contributed by atoms with Crippen molar-refractivity contribution in [3.63, 3.8) is 0 Å². The fourth-order valence-corrected chi connectivity index (χ4v) is 15.9. The smallest absolute Gasteiger partial charge is 0.409 e. The molecule has 10 N–H and O–H groups in total. The van der Waals surface area contributed by atoms with Crippen LogP contribution in [0.2, 0.25) is 5.02 Å². The normalized spacial score (nSPS) is 16.5. The number of fused-ring (bicyclic) bond motifs is 3. The zero-order valence-corrected chi connectivity index (χ0v) is 69.4. The number of nitrogens with zero attached hydrogens (tertiary/aromatic N) is 8. The first-order valence-corrected chi connectivity index (χ1v) is 41.1. The maximum Gasteiger partial charge on any atom is 0.409 e. The predicted octanol–water partition coefficient (Wildman–Crippen LogP) is 6.50. The van der Waals surface area contributed by atoms with E-state index in [-0.39, 0.29) is 148 Å². The molecule has 0 spiro atoms. The Morgan fingerprint density at radius 1 is 0.778 bits per heavy atom. The van der Waals surface area contributed by atoms with Crippen LogP contribution in [-0.4, -0.2) is 227 Å². The number of likely N-dealkylation sites (tertiary alicyclic amines) is 1. The van der Waals surface area contributed by atoms with Gasteiger partial charge in [-0.25, -0.2) is 14.6 Å². The number of primary amides is 1. The molecule has 117 heavy (non-hydrogen) atoms. The molecule has 10 rings (SSSR count). The number of aliphatic hydroxyl groups is 1. The number of hydrogen-bond donors (Lipinski definition) is 9. The number of aliphatic imine (C=N–C) groups is 1. The second-order valence-electron chi connectivity index (χ2n) is 30.2. The van der Waals surface area contributed by atoms with Crippen LogP contribution in [0.25, 0.3) is 15.4 Å². The summed E-state index contributed by atoms with van der Waals surface area (Å²) >= 11 is 9.33. The van der Waals surface area contributed by atoms with Crippen molar-refractivity contribution in [3.05, 3.63) is 139 Å². The molecule has 6 aromatic rings. The lowest BCUT2D eigenvalue weighted by Gasteiger charge is -2.39. The van der Waals surface area contributed by atoms with Crippen LogP contribution in [0, 0.1) is 38.5 Å². The molecule has 3 aliphatic heterocycles. The van der Waals surface area contributed by atoms with Crippen molar-refractivity contribution in [2.75, 3.05) is 97.9 Å². The summed E-state index contributed by atoms with van der Waals surface area (Å²) in [6.45, 7) is 14.3. The maximum atomic E-state index is 14.5. The van der Waals surface area contributed by atoms with Gasteiger partial charge in [0.15, 0.2) is 5.82 Å². The summed E-state index contributed by atoms with van der Waals surface area (Å²) < 4.78 is 31.0. The van der Waals surface area contributed by atoms with E-state index in [1.807, 2.05) is 54.8 Å². The monoisotopic (exact) mass is 1670 g/mol. The first-order chi connectivity index (χ1) is 56.0. The second kappa shape index (κ2) is 41.5. The summed E-state index contributed by atoms with van der Waals surface area (Å²) in [6, 6.07) is 14.8. The molecule has 36 heteroatoms. The van der Waals surface area contributed by atoms with Gasteiger partial charge in [-0.2, -0.15) is 0 Å². The molecular weight excluding hydrogens is 1570 g/mol. The van der Waals surface area contributed by atoms with Crippen molar-refractivity contribution in [3.8, 4) is 21.2 Å². The first kappa shape index (κ1) is 88.8. The highest BCUT2D eigenvalue weighted by Gasteiger charge is 2.52. The Morgan fingerprint density at radius 3 is 2.16 bits per heavy atom. The van der Waals surface area contributed by atoms with Crippen LogP contribution >= 0.6 is 34.3 Å². The number of thiazole rings is 1. The number of nitrogens with one attached hydrogen (secondary N) is 7. The van der Waals surface area contributed by atoms with E-state index in [0.717, 1.165) is 53.3 Å². The van der Waals surface area contributed by atoms with Gasteiger partial charge in [-0.1, -0.05) is 75.2 Å². The molecule has 3 aromatic carbocycles. The van der Waals surface area contributed by atoms with E-state index < -0.39 is 95.3 Å². The van der Waals surface area contributed by atoms with E-state index in [0.29, 0.717) is 64.9 Å². The number of nitrogens with two attached hydrogens (primary N) is 1. The van der Waals surface area contributed by atoms with Crippen LogP contribution in [0.15, 0.2) is 89.4 Å². The van der Waals surface area contributed by atoms with Crippen molar-refractivity contribution in [1.82, 2.24) is 66.3 Å². The number of ether oxygens (including phenoxy) is 5. The van der Waals surface area contributed by atoms with E-state index in [1.165, 1.54) is 33.3 Å². The molecule has 12 amide bonds. The van der Waals surface area contributed by atoms with Gasteiger partial charge in [-0.15, -0.1) is 32.9 Å². The number of β-amino-alcohol motifs (C(OH)–C–C–N with tert-alkyl or cyclic N) is 1. The number of benzene rings is 3. The fourth-order valence-electron chi connectivity index (χ4n) is 13.7.